The molecule has 2 rings (SSSR count). The third-order valence-electron chi connectivity index (χ3n) is 2.14. The summed E-state index contributed by atoms with van der Waals surface area (Å²) in [5.74, 6) is -1.02. The van der Waals surface area contributed by atoms with E-state index in [2.05, 4.69) is 10.3 Å². The van der Waals surface area contributed by atoms with Gasteiger partial charge in [-0.3, -0.25) is 0 Å². The predicted molar refractivity (Wildman–Crippen MR) is 67.9 cm³/mol. The number of hydrogen-bond acceptors (Lipinski definition) is 4. The maximum atomic E-state index is 10.8. The van der Waals surface area contributed by atoms with E-state index in [9.17, 15) is 4.79 Å². The molecular weight excluding hydrogens is 260 g/mol. The molecule has 0 atom stereocenters. The molecule has 88 valence electrons. The summed E-state index contributed by atoms with van der Waals surface area (Å²) < 4.78 is 0. The van der Waals surface area contributed by atoms with E-state index in [1.165, 1.54) is 16.8 Å². The van der Waals surface area contributed by atoms with Gasteiger partial charge in [0.1, 0.15) is 5.00 Å². The lowest BCUT2D eigenvalue weighted by molar-refractivity contribution is 0.0692. The number of nitrogens with one attached hydrogen (secondary N) is 1. The third-order valence-corrected chi connectivity index (χ3v) is 3.17. The second-order valence-corrected chi connectivity index (χ2v) is 4.61. The minimum atomic E-state index is -1.02. The van der Waals surface area contributed by atoms with Gasteiger partial charge < -0.3 is 10.4 Å². The van der Waals surface area contributed by atoms with Gasteiger partial charge in [-0.2, -0.15) is 0 Å². The summed E-state index contributed by atoms with van der Waals surface area (Å²) in [6.07, 6.45) is 0. The molecule has 2 N–H and O–H groups in total. The fraction of sp³-hybridized carbons (Fsp3) is 0.0909. The van der Waals surface area contributed by atoms with Crippen LogP contribution in [-0.2, 0) is 6.54 Å². The average Bonchev–Trinajstić information content (AvgIpc) is 2.76. The summed E-state index contributed by atoms with van der Waals surface area (Å²) in [6.45, 7) is 0.541. The number of hydrogen-bond donors (Lipinski definition) is 2. The van der Waals surface area contributed by atoms with Crippen molar-refractivity contribution in [3.63, 3.8) is 0 Å². The molecule has 1 heterocycles. The summed E-state index contributed by atoms with van der Waals surface area (Å²) >= 11 is 7.04. The fourth-order valence-electron chi connectivity index (χ4n) is 1.31. The number of benzene rings is 1. The second kappa shape index (κ2) is 5.16. The van der Waals surface area contributed by atoms with Gasteiger partial charge in [-0.15, -0.1) is 11.3 Å². The van der Waals surface area contributed by atoms with Crippen LogP contribution >= 0.6 is 22.9 Å². The summed E-state index contributed by atoms with van der Waals surface area (Å²) in [4.78, 5) is 14.6. The Kier molecular flexibility index (Phi) is 3.61. The Balaban J connectivity index is 2.05. The van der Waals surface area contributed by atoms with Gasteiger partial charge in [0, 0.05) is 11.6 Å². The zero-order valence-electron chi connectivity index (χ0n) is 8.68. The van der Waals surface area contributed by atoms with E-state index in [-0.39, 0.29) is 5.69 Å². The first-order chi connectivity index (χ1) is 8.16. The zero-order valence-corrected chi connectivity index (χ0v) is 10.3. The van der Waals surface area contributed by atoms with Crippen molar-refractivity contribution in [3.05, 3.63) is 46.1 Å². The lowest BCUT2D eigenvalue weighted by Crippen LogP contribution is -2.04. The van der Waals surface area contributed by atoms with Gasteiger partial charge in [-0.1, -0.05) is 23.7 Å². The Morgan fingerprint density at radius 3 is 2.76 bits per heavy atom. The molecule has 2 aromatic rings. The molecule has 0 saturated carbocycles. The van der Waals surface area contributed by atoms with Crippen molar-refractivity contribution in [2.24, 2.45) is 0 Å². The van der Waals surface area contributed by atoms with Gasteiger partial charge >= 0.3 is 5.97 Å². The molecule has 1 aromatic heterocycles. The average molecular weight is 269 g/mol. The molecular formula is C11H9ClN2O2S. The number of carboxylic acids is 1. The van der Waals surface area contributed by atoms with E-state index in [0.717, 1.165) is 5.56 Å². The maximum absolute atomic E-state index is 10.8. The lowest BCUT2D eigenvalue weighted by atomic mass is 10.2. The van der Waals surface area contributed by atoms with Crippen molar-refractivity contribution in [1.82, 2.24) is 4.98 Å². The van der Waals surface area contributed by atoms with E-state index >= 15 is 0 Å². The molecule has 0 saturated heterocycles. The number of thiazole rings is 1. The number of halogens is 1. The largest absolute Gasteiger partial charge is 0.476 e. The molecule has 0 aliphatic heterocycles. The number of nitrogens with zero attached hydrogens (tertiary/aromatic N) is 1. The normalized spacial score (nSPS) is 10.2. The first-order valence-electron chi connectivity index (χ1n) is 4.82. The molecule has 6 heteroatoms. The molecule has 0 amide bonds. The minimum absolute atomic E-state index is 0.0592. The number of anilines is 1. The van der Waals surface area contributed by atoms with Crippen LogP contribution in [-0.4, -0.2) is 16.1 Å². The topological polar surface area (TPSA) is 62.2 Å². The fourth-order valence-corrected chi connectivity index (χ4v) is 2.11. The number of carbonyl (C=O) groups is 1. The number of carboxylic acid groups (broad SMARTS) is 1. The summed E-state index contributed by atoms with van der Waals surface area (Å²) in [5.41, 5.74) is 2.59. The number of aromatic carboxylic acids is 1. The number of aromatic nitrogens is 1. The highest BCUT2D eigenvalue weighted by Gasteiger charge is 2.12. The zero-order chi connectivity index (χ0) is 12.3. The Hall–Kier alpha value is -1.59. The molecule has 0 fully saturated rings. The van der Waals surface area contributed by atoms with Crippen LogP contribution in [0.15, 0.2) is 29.8 Å². The minimum Gasteiger partial charge on any atom is -0.476 e. The molecule has 0 aliphatic carbocycles. The van der Waals surface area contributed by atoms with Crippen LogP contribution < -0.4 is 5.32 Å². The van der Waals surface area contributed by atoms with Crippen molar-refractivity contribution in [1.29, 1.82) is 0 Å². The van der Waals surface area contributed by atoms with Crippen LogP contribution in [0.3, 0.4) is 0 Å². The molecule has 0 unspecified atom stereocenters. The first-order valence-corrected chi connectivity index (χ1v) is 6.07. The lowest BCUT2D eigenvalue weighted by Gasteiger charge is -2.04. The summed E-state index contributed by atoms with van der Waals surface area (Å²) in [7, 11) is 0. The van der Waals surface area contributed by atoms with Crippen LogP contribution in [0, 0.1) is 0 Å². The van der Waals surface area contributed by atoms with E-state index in [4.69, 9.17) is 16.7 Å². The SMILES string of the molecule is O=C(O)c1ncsc1NCc1ccc(Cl)cc1. The van der Waals surface area contributed by atoms with Crippen molar-refractivity contribution < 1.29 is 9.90 Å². The van der Waals surface area contributed by atoms with Crippen molar-refractivity contribution in [2.75, 3.05) is 5.32 Å². The van der Waals surface area contributed by atoms with Gasteiger partial charge in [0.15, 0.2) is 5.69 Å². The molecule has 17 heavy (non-hydrogen) atoms. The summed E-state index contributed by atoms with van der Waals surface area (Å²) in [5, 5.41) is 13.2. The van der Waals surface area contributed by atoms with Gasteiger partial charge in [0.25, 0.3) is 0 Å². The van der Waals surface area contributed by atoms with E-state index < -0.39 is 5.97 Å². The van der Waals surface area contributed by atoms with Gasteiger partial charge in [0.2, 0.25) is 0 Å². The summed E-state index contributed by atoms with van der Waals surface area (Å²) in [6, 6.07) is 7.36. The van der Waals surface area contributed by atoms with Crippen LogP contribution in [0.4, 0.5) is 5.00 Å². The Morgan fingerprint density at radius 1 is 1.41 bits per heavy atom. The van der Waals surface area contributed by atoms with Crippen LogP contribution in [0.1, 0.15) is 16.1 Å². The highest BCUT2D eigenvalue weighted by molar-refractivity contribution is 7.14. The second-order valence-electron chi connectivity index (χ2n) is 3.32. The van der Waals surface area contributed by atoms with Gasteiger partial charge in [-0.25, -0.2) is 9.78 Å². The molecule has 0 aliphatic rings. The van der Waals surface area contributed by atoms with Crippen molar-refractivity contribution in [2.45, 2.75) is 6.54 Å². The standard InChI is InChI=1S/C11H9ClN2O2S/c12-8-3-1-7(2-4-8)5-13-10-9(11(15)16)14-6-17-10/h1-4,6,13H,5H2,(H,15,16). The van der Waals surface area contributed by atoms with Gasteiger partial charge in [-0.05, 0) is 17.7 Å². The predicted octanol–water partition coefficient (Wildman–Crippen LogP) is 3.11. The molecule has 0 bridgehead atoms. The van der Waals surface area contributed by atoms with Crippen molar-refractivity contribution >= 4 is 33.9 Å². The van der Waals surface area contributed by atoms with E-state index in [0.29, 0.717) is 16.6 Å². The smallest absolute Gasteiger partial charge is 0.357 e. The third kappa shape index (κ3) is 2.95. The van der Waals surface area contributed by atoms with Crippen LogP contribution in [0.2, 0.25) is 5.02 Å². The molecule has 0 spiro atoms. The Labute approximate surface area is 107 Å². The first kappa shape index (κ1) is 11.9. The maximum Gasteiger partial charge on any atom is 0.357 e. The number of rotatable bonds is 4. The van der Waals surface area contributed by atoms with E-state index in [1.54, 1.807) is 12.1 Å². The van der Waals surface area contributed by atoms with Crippen molar-refractivity contribution in [3.8, 4) is 0 Å². The molecule has 1 aromatic carbocycles. The molecule has 4 nitrogen and oxygen atoms in total. The highest BCUT2D eigenvalue weighted by atomic mass is 35.5. The Morgan fingerprint density at radius 2 is 2.12 bits per heavy atom. The van der Waals surface area contributed by atoms with Gasteiger partial charge in [0.05, 0.1) is 5.51 Å². The quantitative estimate of drug-likeness (QED) is 0.894. The van der Waals surface area contributed by atoms with E-state index in [1.807, 2.05) is 12.1 Å². The van der Waals surface area contributed by atoms with Crippen LogP contribution in [0.25, 0.3) is 0 Å². The monoisotopic (exact) mass is 268 g/mol. The highest BCUT2D eigenvalue weighted by Crippen LogP contribution is 2.21. The Bertz CT molecular complexity index is 525. The molecule has 0 radical (unpaired) electrons. The van der Waals surface area contributed by atoms with Crippen LogP contribution in [0.5, 0.6) is 0 Å².